The van der Waals surface area contributed by atoms with Crippen LogP contribution in [0, 0.1) is 5.82 Å². The van der Waals surface area contributed by atoms with Crippen LogP contribution in [0.1, 0.15) is 5.56 Å². The Hall–Kier alpha value is -1.07. The molecule has 0 fully saturated rings. The molecule has 0 saturated heterocycles. The summed E-state index contributed by atoms with van der Waals surface area (Å²) in [7, 11) is 0. The van der Waals surface area contributed by atoms with Crippen LogP contribution in [-0.4, -0.2) is 4.98 Å². The van der Waals surface area contributed by atoms with Gasteiger partial charge in [0.25, 0.3) is 0 Å². The van der Waals surface area contributed by atoms with E-state index in [4.69, 9.17) is 5.73 Å². The summed E-state index contributed by atoms with van der Waals surface area (Å²) in [6.07, 6.45) is 3.31. The molecule has 5 heteroatoms. The Balaban J connectivity index is 2.10. The molecule has 88 valence electrons. The standard InChI is InChI=1S/C12H10BrFN2S/c13-9-3-8(4-10(14)5-9)7-17-12-1-2-16-6-11(12)15/h1-6H,7,15H2. The third kappa shape index (κ3) is 3.44. The molecule has 0 radical (unpaired) electrons. The molecule has 0 amide bonds. The van der Waals surface area contributed by atoms with Crippen molar-refractivity contribution >= 4 is 33.4 Å². The molecule has 1 heterocycles. The number of thioether (sulfide) groups is 1. The molecule has 1 aromatic carbocycles. The van der Waals surface area contributed by atoms with Gasteiger partial charge in [0.1, 0.15) is 5.82 Å². The minimum absolute atomic E-state index is 0.238. The van der Waals surface area contributed by atoms with Gasteiger partial charge in [0.15, 0.2) is 0 Å². The van der Waals surface area contributed by atoms with Crippen molar-refractivity contribution in [1.82, 2.24) is 4.98 Å². The Kier molecular flexibility index (Phi) is 4.02. The molecule has 0 saturated carbocycles. The maximum absolute atomic E-state index is 13.2. The molecule has 0 unspecified atom stereocenters. The fraction of sp³-hybridized carbons (Fsp3) is 0.0833. The van der Waals surface area contributed by atoms with Crippen LogP contribution >= 0.6 is 27.7 Å². The number of nitrogens with zero attached hydrogens (tertiary/aromatic N) is 1. The van der Waals surface area contributed by atoms with Gasteiger partial charge in [0.05, 0.1) is 11.9 Å². The number of pyridine rings is 1. The summed E-state index contributed by atoms with van der Waals surface area (Å²) in [5, 5.41) is 0. The van der Waals surface area contributed by atoms with E-state index in [1.807, 2.05) is 12.1 Å². The highest BCUT2D eigenvalue weighted by Crippen LogP contribution is 2.28. The van der Waals surface area contributed by atoms with E-state index in [1.165, 1.54) is 12.1 Å². The molecule has 2 aromatic rings. The van der Waals surface area contributed by atoms with Crippen molar-refractivity contribution in [3.63, 3.8) is 0 Å². The molecule has 2 N–H and O–H groups in total. The van der Waals surface area contributed by atoms with Gasteiger partial charge in [0, 0.05) is 21.3 Å². The first-order valence-corrected chi connectivity index (χ1v) is 6.70. The van der Waals surface area contributed by atoms with Crippen molar-refractivity contribution in [3.8, 4) is 0 Å². The van der Waals surface area contributed by atoms with Crippen LogP contribution in [0.5, 0.6) is 0 Å². The Morgan fingerprint density at radius 2 is 2.18 bits per heavy atom. The largest absolute Gasteiger partial charge is 0.397 e. The Labute approximate surface area is 112 Å². The fourth-order valence-corrected chi connectivity index (χ4v) is 2.76. The van der Waals surface area contributed by atoms with E-state index in [9.17, 15) is 4.39 Å². The summed E-state index contributed by atoms with van der Waals surface area (Å²) in [6, 6.07) is 6.71. The molecule has 1 aromatic heterocycles. The molecule has 0 aliphatic rings. The van der Waals surface area contributed by atoms with Gasteiger partial charge >= 0.3 is 0 Å². The van der Waals surface area contributed by atoms with Crippen LogP contribution in [0.2, 0.25) is 0 Å². The molecule has 17 heavy (non-hydrogen) atoms. The van der Waals surface area contributed by atoms with E-state index in [0.717, 1.165) is 14.9 Å². The highest BCUT2D eigenvalue weighted by molar-refractivity contribution is 9.10. The quantitative estimate of drug-likeness (QED) is 0.875. The van der Waals surface area contributed by atoms with Crippen LogP contribution < -0.4 is 5.73 Å². The summed E-state index contributed by atoms with van der Waals surface area (Å²) in [5.74, 6) is 0.433. The van der Waals surface area contributed by atoms with E-state index < -0.39 is 0 Å². The van der Waals surface area contributed by atoms with Gasteiger partial charge < -0.3 is 5.73 Å². The SMILES string of the molecule is Nc1cnccc1SCc1cc(F)cc(Br)c1. The van der Waals surface area contributed by atoms with Gasteiger partial charge in [0.2, 0.25) is 0 Å². The van der Waals surface area contributed by atoms with Crippen molar-refractivity contribution in [1.29, 1.82) is 0 Å². The minimum Gasteiger partial charge on any atom is -0.397 e. The molecular weight excluding hydrogens is 303 g/mol. The number of hydrogen-bond donors (Lipinski definition) is 1. The second-order valence-corrected chi connectivity index (χ2v) is 5.41. The lowest BCUT2D eigenvalue weighted by Gasteiger charge is -2.05. The van der Waals surface area contributed by atoms with Crippen LogP contribution in [-0.2, 0) is 5.75 Å². The van der Waals surface area contributed by atoms with E-state index >= 15 is 0 Å². The number of benzene rings is 1. The zero-order valence-corrected chi connectivity index (χ0v) is 11.3. The van der Waals surface area contributed by atoms with Gasteiger partial charge in [-0.1, -0.05) is 15.9 Å². The summed E-state index contributed by atoms with van der Waals surface area (Å²) < 4.78 is 13.9. The highest BCUT2D eigenvalue weighted by Gasteiger charge is 2.03. The predicted octanol–water partition coefficient (Wildman–Crippen LogP) is 3.86. The molecule has 0 aliphatic carbocycles. The van der Waals surface area contributed by atoms with Gasteiger partial charge in [-0.15, -0.1) is 11.8 Å². The zero-order chi connectivity index (χ0) is 12.3. The predicted molar refractivity (Wildman–Crippen MR) is 72.3 cm³/mol. The fourth-order valence-electron chi connectivity index (χ4n) is 1.38. The monoisotopic (exact) mass is 312 g/mol. The lowest BCUT2D eigenvalue weighted by atomic mass is 10.2. The number of aromatic nitrogens is 1. The number of halogens is 2. The summed E-state index contributed by atoms with van der Waals surface area (Å²) in [6.45, 7) is 0. The average Bonchev–Trinajstić information content (AvgIpc) is 2.27. The Morgan fingerprint density at radius 1 is 1.35 bits per heavy atom. The number of nitrogens with two attached hydrogens (primary N) is 1. The van der Waals surface area contributed by atoms with Crippen molar-refractivity contribution in [3.05, 3.63) is 52.5 Å². The van der Waals surface area contributed by atoms with Crippen molar-refractivity contribution in [2.45, 2.75) is 10.6 Å². The number of rotatable bonds is 3. The Morgan fingerprint density at radius 3 is 2.88 bits per heavy atom. The first-order valence-electron chi connectivity index (χ1n) is 4.92. The Bertz CT molecular complexity index is 513. The van der Waals surface area contributed by atoms with E-state index in [-0.39, 0.29) is 5.82 Å². The van der Waals surface area contributed by atoms with Gasteiger partial charge in [-0.25, -0.2) is 4.39 Å². The number of hydrogen-bond acceptors (Lipinski definition) is 3. The zero-order valence-electron chi connectivity index (χ0n) is 8.86. The van der Waals surface area contributed by atoms with Crippen LogP contribution in [0.15, 0.2) is 46.0 Å². The lowest BCUT2D eigenvalue weighted by molar-refractivity contribution is 0.625. The third-order valence-corrected chi connectivity index (χ3v) is 3.75. The topological polar surface area (TPSA) is 38.9 Å². The van der Waals surface area contributed by atoms with E-state index in [0.29, 0.717) is 11.4 Å². The van der Waals surface area contributed by atoms with E-state index in [2.05, 4.69) is 20.9 Å². The number of nitrogen functional groups attached to an aromatic ring is 1. The third-order valence-electron chi connectivity index (χ3n) is 2.13. The maximum Gasteiger partial charge on any atom is 0.124 e. The summed E-state index contributed by atoms with van der Waals surface area (Å²) in [5.41, 5.74) is 7.34. The molecule has 0 spiro atoms. The lowest BCUT2D eigenvalue weighted by Crippen LogP contribution is -1.90. The molecule has 2 nitrogen and oxygen atoms in total. The van der Waals surface area contributed by atoms with Crippen molar-refractivity contribution < 1.29 is 4.39 Å². The molecule has 2 rings (SSSR count). The molecule has 0 atom stereocenters. The second-order valence-electron chi connectivity index (χ2n) is 3.48. The second kappa shape index (κ2) is 5.51. The van der Waals surface area contributed by atoms with Crippen molar-refractivity contribution in [2.24, 2.45) is 0 Å². The molecule has 0 aliphatic heterocycles. The smallest absolute Gasteiger partial charge is 0.124 e. The molecule has 0 bridgehead atoms. The van der Waals surface area contributed by atoms with Gasteiger partial charge in [-0.05, 0) is 29.8 Å². The summed E-state index contributed by atoms with van der Waals surface area (Å²) in [4.78, 5) is 4.88. The van der Waals surface area contributed by atoms with Gasteiger partial charge in [-0.2, -0.15) is 0 Å². The van der Waals surface area contributed by atoms with Crippen LogP contribution in [0.25, 0.3) is 0 Å². The van der Waals surface area contributed by atoms with E-state index in [1.54, 1.807) is 24.2 Å². The molecular formula is C12H10BrFN2S. The highest BCUT2D eigenvalue weighted by atomic mass is 79.9. The minimum atomic E-state index is -0.238. The normalized spacial score (nSPS) is 10.5. The van der Waals surface area contributed by atoms with Crippen LogP contribution in [0.3, 0.4) is 0 Å². The first kappa shape index (κ1) is 12.4. The van der Waals surface area contributed by atoms with Crippen LogP contribution in [0.4, 0.5) is 10.1 Å². The summed E-state index contributed by atoms with van der Waals surface area (Å²) >= 11 is 4.83. The van der Waals surface area contributed by atoms with Gasteiger partial charge in [-0.3, -0.25) is 4.98 Å². The maximum atomic E-state index is 13.2. The first-order chi connectivity index (χ1) is 8.15. The average molecular weight is 313 g/mol. The number of anilines is 1. The van der Waals surface area contributed by atoms with Crippen molar-refractivity contribution in [2.75, 3.05) is 5.73 Å².